The highest BCUT2D eigenvalue weighted by Crippen LogP contribution is 2.36. The van der Waals surface area contributed by atoms with Crippen LogP contribution in [0.4, 0.5) is 5.69 Å². The molecule has 3 aromatic rings. The van der Waals surface area contributed by atoms with Crippen molar-refractivity contribution < 1.29 is 19.1 Å². The molecule has 1 aliphatic heterocycles. The third kappa shape index (κ3) is 6.40. The number of carbonyl (C=O) groups excluding carboxylic acids is 2. The minimum atomic E-state index is -0.208. The normalized spacial score (nSPS) is 14.1. The van der Waals surface area contributed by atoms with Crippen molar-refractivity contribution >= 4 is 23.6 Å². The maximum Gasteiger partial charge on any atom is 0.294 e. The van der Waals surface area contributed by atoms with Crippen molar-refractivity contribution in [3.05, 3.63) is 101 Å². The van der Waals surface area contributed by atoms with Crippen LogP contribution in [0.5, 0.6) is 5.75 Å². The fraction of sp³-hybridized carbons (Fsp3) is 0.267. The number of rotatable bonds is 9. The monoisotopic (exact) mass is 484 g/mol. The summed E-state index contributed by atoms with van der Waals surface area (Å²) in [7, 11) is 0. The predicted molar refractivity (Wildman–Crippen MR) is 142 cm³/mol. The van der Waals surface area contributed by atoms with Crippen LogP contribution in [0.2, 0.25) is 0 Å². The average Bonchev–Trinajstić information content (AvgIpc) is 2.86. The molecule has 4 rings (SSSR count). The quantitative estimate of drug-likeness (QED) is 0.321. The Bertz CT molecular complexity index is 1250. The third-order valence-electron chi connectivity index (χ3n) is 5.78. The summed E-state index contributed by atoms with van der Waals surface area (Å²) >= 11 is 0. The zero-order valence-corrected chi connectivity index (χ0v) is 21.0. The number of aryl methyl sites for hydroxylation is 1. The van der Waals surface area contributed by atoms with Gasteiger partial charge in [0.2, 0.25) is 0 Å². The van der Waals surface area contributed by atoms with Gasteiger partial charge in [-0.1, -0.05) is 54.1 Å². The molecule has 6 nitrogen and oxygen atoms in total. The molecular formula is C30H32N2O4. The van der Waals surface area contributed by atoms with E-state index in [1.807, 2.05) is 75.4 Å². The second-order valence-electron chi connectivity index (χ2n) is 9.11. The summed E-state index contributed by atoms with van der Waals surface area (Å²) in [5.41, 5.74) is 4.27. The van der Waals surface area contributed by atoms with E-state index in [1.165, 1.54) is 0 Å². The van der Waals surface area contributed by atoms with Gasteiger partial charge in [0.15, 0.2) is 11.5 Å². The van der Waals surface area contributed by atoms with Gasteiger partial charge < -0.3 is 14.8 Å². The Morgan fingerprint density at radius 2 is 1.83 bits per heavy atom. The van der Waals surface area contributed by atoms with Gasteiger partial charge in [-0.2, -0.15) is 0 Å². The van der Waals surface area contributed by atoms with E-state index in [9.17, 15) is 9.59 Å². The third-order valence-corrected chi connectivity index (χ3v) is 5.78. The number of anilines is 1. The lowest BCUT2D eigenvalue weighted by Crippen LogP contribution is -2.36. The number of hydrogen-bond donors (Lipinski definition) is 1. The molecule has 2 amide bonds. The summed E-state index contributed by atoms with van der Waals surface area (Å²) in [6, 6.07) is 22.8. The second-order valence-corrected chi connectivity index (χ2v) is 9.11. The van der Waals surface area contributed by atoms with E-state index in [1.54, 1.807) is 23.1 Å². The Hall–Kier alpha value is -3.90. The first-order chi connectivity index (χ1) is 17.4. The number of fused-ring (bicyclic) bond motifs is 1. The van der Waals surface area contributed by atoms with Crippen LogP contribution in [0.1, 0.15) is 47.3 Å². The minimum Gasteiger partial charge on any atom is -0.449 e. The molecule has 0 bridgehead atoms. The Balaban J connectivity index is 1.47. The van der Waals surface area contributed by atoms with Gasteiger partial charge in [0.05, 0.1) is 18.3 Å². The summed E-state index contributed by atoms with van der Waals surface area (Å²) in [6.45, 7) is 7.62. The smallest absolute Gasteiger partial charge is 0.294 e. The molecule has 3 aromatic carbocycles. The topological polar surface area (TPSA) is 67.9 Å². The molecule has 0 fully saturated rings. The van der Waals surface area contributed by atoms with Crippen molar-refractivity contribution in [1.82, 2.24) is 5.32 Å². The Morgan fingerprint density at radius 3 is 2.58 bits per heavy atom. The van der Waals surface area contributed by atoms with Crippen LogP contribution in [-0.2, 0) is 16.1 Å². The molecule has 1 heterocycles. The fourth-order valence-corrected chi connectivity index (χ4v) is 3.99. The molecule has 1 aliphatic rings. The zero-order valence-electron chi connectivity index (χ0n) is 21.0. The molecular weight excluding hydrogens is 452 g/mol. The van der Waals surface area contributed by atoms with Gasteiger partial charge in [-0.25, -0.2) is 0 Å². The standard InChI is InChI=1S/C30H32N2O4/c1-21(2)35-17-7-16-31-29(33)25-14-12-23(13-15-25)19-28-30(34)32(20-24-9-6-8-22(3)18-24)26-10-4-5-11-27(26)36-28/h4-6,8-15,18-19,21H,7,16-17,20H2,1-3H3,(H,31,33). The minimum absolute atomic E-state index is 0.137. The number of carbonyl (C=O) groups is 2. The van der Waals surface area contributed by atoms with Crippen LogP contribution in [0.25, 0.3) is 6.08 Å². The van der Waals surface area contributed by atoms with Crippen LogP contribution in [0, 0.1) is 6.92 Å². The van der Waals surface area contributed by atoms with Crippen LogP contribution in [-0.4, -0.2) is 31.1 Å². The molecule has 0 aliphatic carbocycles. The van der Waals surface area contributed by atoms with Crippen molar-refractivity contribution in [2.45, 2.75) is 39.8 Å². The fourth-order valence-electron chi connectivity index (χ4n) is 3.99. The van der Waals surface area contributed by atoms with E-state index < -0.39 is 0 Å². The van der Waals surface area contributed by atoms with Crippen LogP contribution >= 0.6 is 0 Å². The Morgan fingerprint density at radius 1 is 1.06 bits per heavy atom. The van der Waals surface area contributed by atoms with E-state index in [0.717, 1.165) is 28.8 Å². The predicted octanol–water partition coefficient (Wildman–Crippen LogP) is 5.51. The lowest BCUT2D eigenvalue weighted by Gasteiger charge is -2.30. The second kappa shape index (κ2) is 11.7. The van der Waals surface area contributed by atoms with Gasteiger partial charge in [-0.3, -0.25) is 14.5 Å². The summed E-state index contributed by atoms with van der Waals surface area (Å²) in [5, 5.41) is 2.90. The number of para-hydroxylation sites is 2. The van der Waals surface area contributed by atoms with Crippen LogP contribution in [0.3, 0.4) is 0 Å². The molecule has 6 heteroatoms. The molecule has 186 valence electrons. The molecule has 36 heavy (non-hydrogen) atoms. The number of nitrogens with one attached hydrogen (secondary N) is 1. The van der Waals surface area contributed by atoms with Crippen LogP contribution < -0.4 is 15.0 Å². The first kappa shape index (κ1) is 25.2. The number of benzene rings is 3. The lowest BCUT2D eigenvalue weighted by atomic mass is 10.1. The van der Waals surface area contributed by atoms with E-state index in [2.05, 4.69) is 11.4 Å². The number of hydrogen-bond acceptors (Lipinski definition) is 4. The summed E-state index contributed by atoms with van der Waals surface area (Å²) in [6.07, 6.45) is 2.66. The molecule has 0 saturated carbocycles. The first-order valence-electron chi connectivity index (χ1n) is 12.3. The molecule has 0 radical (unpaired) electrons. The van der Waals surface area contributed by atoms with Gasteiger partial charge in [0.25, 0.3) is 11.8 Å². The Kier molecular flexibility index (Phi) is 8.18. The molecule has 0 spiro atoms. The van der Waals surface area contributed by atoms with E-state index >= 15 is 0 Å². The van der Waals surface area contributed by atoms with Crippen molar-refractivity contribution in [3.8, 4) is 5.75 Å². The van der Waals surface area contributed by atoms with Crippen LogP contribution in [0.15, 0.2) is 78.6 Å². The highest BCUT2D eigenvalue weighted by molar-refractivity contribution is 6.09. The van der Waals surface area contributed by atoms with E-state index in [4.69, 9.17) is 9.47 Å². The average molecular weight is 485 g/mol. The lowest BCUT2D eigenvalue weighted by molar-refractivity contribution is -0.117. The maximum absolute atomic E-state index is 13.4. The van der Waals surface area contributed by atoms with Gasteiger partial charge in [-0.15, -0.1) is 0 Å². The summed E-state index contributed by atoms with van der Waals surface area (Å²) < 4.78 is 11.5. The van der Waals surface area contributed by atoms with Gasteiger partial charge in [0.1, 0.15) is 0 Å². The van der Waals surface area contributed by atoms with Crippen molar-refractivity contribution in [1.29, 1.82) is 0 Å². The van der Waals surface area contributed by atoms with E-state index in [0.29, 0.717) is 31.0 Å². The molecule has 1 N–H and O–H groups in total. The largest absolute Gasteiger partial charge is 0.449 e. The van der Waals surface area contributed by atoms with Gasteiger partial charge in [-0.05, 0) is 68.7 Å². The number of amides is 2. The SMILES string of the molecule is Cc1cccc(CN2C(=O)C(=Cc3ccc(C(=O)NCCCOC(C)C)cc3)Oc3ccccc32)c1. The summed E-state index contributed by atoms with van der Waals surface area (Å²) in [5.74, 6) is 0.528. The van der Waals surface area contributed by atoms with E-state index in [-0.39, 0.29) is 23.7 Å². The maximum atomic E-state index is 13.4. The van der Waals surface area contributed by atoms with Gasteiger partial charge >= 0.3 is 0 Å². The highest BCUT2D eigenvalue weighted by Gasteiger charge is 2.30. The zero-order chi connectivity index (χ0) is 25.5. The molecule has 0 unspecified atom stereocenters. The summed E-state index contributed by atoms with van der Waals surface area (Å²) in [4.78, 5) is 27.6. The molecule has 0 atom stereocenters. The van der Waals surface area contributed by atoms with Crippen molar-refractivity contribution in [3.63, 3.8) is 0 Å². The molecule has 0 aromatic heterocycles. The van der Waals surface area contributed by atoms with Gasteiger partial charge in [0, 0.05) is 18.7 Å². The number of ether oxygens (including phenoxy) is 2. The van der Waals surface area contributed by atoms with Crippen molar-refractivity contribution in [2.75, 3.05) is 18.1 Å². The highest BCUT2D eigenvalue weighted by atomic mass is 16.5. The first-order valence-corrected chi connectivity index (χ1v) is 12.3. The number of nitrogens with zero attached hydrogens (tertiary/aromatic N) is 1. The Labute approximate surface area is 212 Å². The molecule has 0 saturated heterocycles. The van der Waals surface area contributed by atoms with Crippen molar-refractivity contribution in [2.24, 2.45) is 0 Å².